The zero-order chi connectivity index (χ0) is 13.5. The Morgan fingerprint density at radius 3 is 2.56 bits per heavy atom. The van der Waals surface area contributed by atoms with E-state index < -0.39 is 11.9 Å². The lowest BCUT2D eigenvalue weighted by molar-refractivity contribution is -0.141. The Balaban J connectivity index is 2.19. The van der Waals surface area contributed by atoms with Crippen molar-refractivity contribution in [1.82, 2.24) is 10.6 Å². The van der Waals surface area contributed by atoms with Crippen molar-refractivity contribution in [3.8, 4) is 0 Å². The molecule has 0 spiro atoms. The smallest absolute Gasteiger partial charge is 0.315 e. The summed E-state index contributed by atoms with van der Waals surface area (Å²) < 4.78 is 0. The molecule has 2 atom stereocenters. The van der Waals surface area contributed by atoms with Gasteiger partial charge in [-0.3, -0.25) is 4.79 Å². The summed E-state index contributed by atoms with van der Waals surface area (Å²) in [4.78, 5) is 22.5. The number of amides is 2. The Labute approximate surface area is 108 Å². The van der Waals surface area contributed by atoms with Crippen LogP contribution < -0.4 is 10.6 Å². The first-order valence-corrected chi connectivity index (χ1v) is 6.80. The number of carbonyl (C=O) groups is 2. The first-order valence-electron chi connectivity index (χ1n) is 6.80. The molecule has 18 heavy (non-hydrogen) atoms. The monoisotopic (exact) mass is 256 g/mol. The van der Waals surface area contributed by atoms with Crippen LogP contribution in [0.5, 0.6) is 0 Å². The summed E-state index contributed by atoms with van der Waals surface area (Å²) in [6, 6.07) is -0.0996. The van der Waals surface area contributed by atoms with Gasteiger partial charge in [-0.15, -0.1) is 0 Å². The van der Waals surface area contributed by atoms with E-state index in [-0.39, 0.29) is 18.6 Å². The first kappa shape index (κ1) is 14.8. The summed E-state index contributed by atoms with van der Waals surface area (Å²) >= 11 is 0. The van der Waals surface area contributed by atoms with Crippen LogP contribution in [0.3, 0.4) is 0 Å². The van der Waals surface area contributed by atoms with Crippen LogP contribution in [0.25, 0.3) is 0 Å². The third-order valence-corrected chi connectivity index (χ3v) is 3.26. The fraction of sp³-hybridized carbons (Fsp3) is 0.846. The highest BCUT2D eigenvalue weighted by molar-refractivity contribution is 5.76. The van der Waals surface area contributed by atoms with Crippen LogP contribution in [0.15, 0.2) is 0 Å². The molecule has 3 N–H and O–H groups in total. The quantitative estimate of drug-likeness (QED) is 0.621. The van der Waals surface area contributed by atoms with Crippen molar-refractivity contribution < 1.29 is 14.7 Å². The third kappa shape index (κ3) is 5.89. The Morgan fingerprint density at radius 1 is 1.39 bits per heavy atom. The van der Waals surface area contributed by atoms with E-state index in [1.807, 2.05) is 13.8 Å². The van der Waals surface area contributed by atoms with Crippen molar-refractivity contribution in [2.75, 3.05) is 6.54 Å². The third-order valence-electron chi connectivity index (χ3n) is 3.26. The van der Waals surface area contributed by atoms with E-state index in [9.17, 15) is 9.59 Å². The van der Waals surface area contributed by atoms with Gasteiger partial charge in [0.05, 0.1) is 5.92 Å². The number of carboxylic acids is 1. The van der Waals surface area contributed by atoms with Crippen LogP contribution in [0.2, 0.25) is 0 Å². The van der Waals surface area contributed by atoms with Gasteiger partial charge in [0.1, 0.15) is 0 Å². The van der Waals surface area contributed by atoms with Gasteiger partial charge in [-0.25, -0.2) is 4.79 Å². The van der Waals surface area contributed by atoms with E-state index in [0.717, 1.165) is 18.8 Å². The van der Waals surface area contributed by atoms with Crippen molar-refractivity contribution in [1.29, 1.82) is 0 Å². The van der Waals surface area contributed by atoms with Crippen molar-refractivity contribution in [3.63, 3.8) is 0 Å². The summed E-state index contributed by atoms with van der Waals surface area (Å²) in [5.41, 5.74) is 0. The van der Waals surface area contributed by atoms with Crippen LogP contribution in [-0.4, -0.2) is 29.7 Å². The van der Waals surface area contributed by atoms with E-state index >= 15 is 0 Å². The standard InChI is InChI=1S/C13H24N2O3/c1-3-4-11(12(16)17)8-14-13(18)15-9(2)7-10-5-6-10/h9-11H,3-8H2,1-2H3,(H,16,17)(H2,14,15,18). The number of carboxylic acid groups (broad SMARTS) is 1. The van der Waals surface area contributed by atoms with Crippen LogP contribution >= 0.6 is 0 Å². The second kappa shape index (κ2) is 7.24. The average Bonchev–Trinajstić information content (AvgIpc) is 3.07. The minimum absolute atomic E-state index is 0.159. The van der Waals surface area contributed by atoms with Crippen molar-refractivity contribution in [3.05, 3.63) is 0 Å². The van der Waals surface area contributed by atoms with Gasteiger partial charge in [-0.2, -0.15) is 0 Å². The first-order chi connectivity index (χ1) is 8.52. The van der Waals surface area contributed by atoms with Crippen LogP contribution in [0.4, 0.5) is 4.79 Å². The van der Waals surface area contributed by atoms with Gasteiger partial charge in [0, 0.05) is 12.6 Å². The molecule has 1 aliphatic rings. The molecule has 5 nitrogen and oxygen atoms in total. The SMILES string of the molecule is CCCC(CNC(=O)NC(C)CC1CC1)C(=O)O. The molecule has 2 unspecified atom stereocenters. The van der Waals surface area contributed by atoms with Crippen LogP contribution in [0.1, 0.15) is 46.0 Å². The van der Waals surface area contributed by atoms with Gasteiger partial charge >= 0.3 is 12.0 Å². The van der Waals surface area contributed by atoms with Gasteiger partial charge in [0.25, 0.3) is 0 Å². The molecule has 1 saturated carbocycles. The molecule has 0 aromatic heterocycles. The van der Waals surface area contributed by atoms with E-state index in [0.29, 0.717) is 6.42 Å². The lowest BCUT2D eigenvalue weighted by Gasteiger charge is -2.16. The summed E-state index contributed by atoms with van der Waals surface area (Å²) in [7, 11) is 0. The Kier molecular flexibility index (Phi) is 5.95. The molecule has 2 amide bonds. The Morgan fingerprint density at radius 2 is 2.06 bits per heavy atom. The highest BCUT2D eigenvalue weighted by Gasteiger charge is 2.24. The second-order valence-corrected chi connectivity index (χ2v) is 5.26. The Hall–Kier alpha value is -1.26. The van der Waals surface area contributed by atoms with Crippen LogP contribution in [-0.2, 0) is 4.79 Å². The normalized spacial score (nSPS) is 17.9. The summed E-state index contributed by atoms with van der Waals surface area (Å²) in [6.45, 7) is 4.12. The molecule has 1 fully saturated rings. The Bertz CT molecular complexity index is 290. The summed E-state index contributed by atoms with van der Waals surface area (Å²) in [5, 5.41) is 14.4. The van der Waals surface area contributed by atoms with Gasteiger partial charge in [-0.1, -0.05) is 26.2 Å². The maximum Gasteiger partial charge on any atom is 0.315 e. The van der Waals surface area contributed by atoms with Crippen molar-refractivity contribution >= 4 is 12.0 Å². The van der Waals surface area contributed by atoms with E-state index in [1.165, 1.54) is 12.8 Å². The van der Waals surface area contributed by atoms with Gasteiger partial charge in [-0.05, 0) is 25.7 Å². The topological polar surface area (TPSA) is 78.4 Å². The summed E-state index contributed by atoms with van der Waals surface area (Å²) in [5.74, 6) is -0.560. The molecule has 0 aromatic rings. The number of nitrogens with one attached hydrogen (secondary N) is 2. The molecule has 0 aromatic carbocycles. The number of urea groups is 1. The lowest BCUT2D eigenvalue weighted by Crippen LogP contribution is -2.43. The minimum atomic E-state index is -0.844. The minimum Gasteiger partial charge on any atom is -0.481 e. The molecule has 0 heterocycles. The zero-order valence-corrected chi connectivity index (χ0v) is 11.2. The maximum absolute atomic E-state index is 11.6. The lowest BCUT2D eigenvalue weighted by atomic mass is 10.0. The predicted octanol–water partition coefficient (Wildman–Crippen LogP) is 1.98. The largest absolute Gasteiger partial charge is 0.481 e. The van der Waals surface area contributed by atoms with Crippen molar-refractivity contribution in [2.24, 2.45) is 11.8 Å². The number of hydrogen-bond acceptors (Lipinski definition) is 2. The fourth-order valence-electron chi connectivity index (χ4n) is 2.06. The molecule has 0 radical (unpaired) electrons. The maximum atomic E-state index is 11.6. The molecule has 0 bridgehead atoms. The second-order valence-electron chi connectivity index (χ2n) is 5.26. The molecule has 104 valence electrons. The molecule has 1 aliphatic carbocycles. The van der Waals surface area contributed by atoms with E-state index in [1.54, 1.807) is 0 Å². The molecule has 5 heteroatoms. The summed E-state index contributed by atoms with van der Waals surface area (Å²) in [6.07, 6.45) is 4.95. The van der Waals surface area contributed by atoms with E-state index in [2.05, 4.69) is 10.6 Å². The molecular weight excluding hydrogens is 232 g/mol. The highest BCUT2D eigenvalue weighted by Crippen LogP contribution is 2.33. The molecular formula is C13H24N2O3. The molecule has 0 aliphatic heterocycles. The van der Waals surface area contributed by atoms with Crippen molar-refractivity contribution in [2.45, 2.75) is 52.0 Å². The number of rotatable bonds is 8. The molecule has 0 saturated heterocycles. The number of carbonyl (C=O) groups excluding carboxylic acids is 1. The van der Waals surface area contributed by atoms with Gasteiger partial charge in [0.2, 0.25) is 0 Å². The average molecular weight is 256 g/mol. The highest BCUT2D eigenvalue weighted by atomic mass is 16.4. The van der Waals surface area contributed by atoms with Gasteiger partial charge < -0.3 is 15.7 Å². The predicted molar refractivity (Wildman–Crippen MR) is 69.4 cm³/mol. The van der Waals surface area contributed by atoms with Gasteiger partial charge in [0.15, 0.2) is 0 Å². The zero-order valence-electron chi connectivity index (χ0n) is 11.2. The van der Waals surface area contributed by atoms with E-state index in [4.69, 9.17) is 5.11 Å². The van der Waals surface area contributed by atoms with Crippen LogP contribution in [0, 0.1) is 11.8 Å². The molecule has 1 rings (SSSR count). The number of hydrogen-bond donors (Lipinski definition) is 3. The fourth-order valence-corrected chi connectivity index (χ4v) is 2.06. The number of aliphatic carboxylic acids is 1.